The summed E-state index contributed by atoms with van der Waals surface area (Å²) in [6.07, 6.45) is -5.94. The minimum Gasteiger partial charge on any atom is -0.388 e. The summed E-state index contributed by atoms with van der Waals surface area (Å²) in [4.78, 5) is 27.2. The highest BCUT2D eigenvalue weighted by Gasteiger charge is 2.31. The molecule has 0 aromatic rings. The molecule has 0 saturated carbocycles. The zero-order chi connectivity index (χ0) is 12.9. The average molecular weight is 260 g/mol. The van der Waals surface area contributed by atoms with Gasteiger partial charge in [-0.25, -0.2) is 4.57 Å². The van der Waals surface area contributed by atoms with Crippen LogP contribution in [-0.2, 0) is 13.9 Å². The summed E-state index contributed by atoms with van der Waals surface area (Å²) < 4.78 is 14.1. The van der Waals surface area contributed by atoms with E-state index in [2.05, 4.69) is 4.52 Å². The van der Waals surface area contributed by atoms with Crippen molar-refractivity contribution in [1.29, 1.82) is 0 Å². The number of phosphoric ester groups is 1. The predicted octanol–water partition coefficient (Wildman–Crippen LogP) is -3.26. The van der Waals surface area contributed by atoms with Gasteiger partial charge in [0.2, 0.25) is 0 Å². The van der Waals surface area contributed by atoms with Gasteiger partial charge in [-0.15, -0.1) is 0 Å². The maximum absolute atomic E-state index is 10.7. The van der Waals surface area contributed by atoms with Gasteiger partial charge in [-0.2, -0.15) is 0 Å². The minimum absolute atomic E-state index is 0.971. The van der Waals surface area contributed by atoms with Gasteiger partial charge >= 0.3 is 7.82 Å². The van der Waals surface area contributed by atoms with E-state index < -0.39 is 45.1 Å². The highest BCUT2D eigenvalue weighted by molar-refractivity contribution is 7.46. The van der Waals surface area contributed by atoms with Crippen molar-refractivity contribution in [1.82, 2.24) is 0 Å². The fraction of sp³-hybridized carbons (Fsp3) is 0.833. The topological polar surface area (TPSA) is 165 Å². The molecule has 0 aromatic heterocycles. The van der Waals surface area contributed by atoms with Gasteiger partial charge in [0.15, 0.2) is 5.78 Å². The number of aliphatic hydroxyl groups excluding tert-OH is 4. The molecule has 0 bridgehead atoms. The van der Waals surface area contributed by atoms with Crippen LogP contribution in [0.1, 0.15) is 0 Å². The Morgan fingerprint density at radius 2 is 1.75 bits per heavy atom. The second-order valence-corrected chi connectivity index (χ2v) is 4.15. The first-order valence-corrected chi connectivity index (χ1v) is 5.60. The van der Waals surface area contributed by atoms with Crippen molar-refractivity contribution < 1.29 is 44.1 Å². The minimum atomic E-state index is -4.81. The number of carbonyl (C=O) groups is 1. The van der Waals surface area contributed by atoms with Crippen LogP contribution in [0.4, 0.5) is 0 Å². The monoisotopic (exact) mass is 260 g/mol. The highest BCUT2D eigenvalue weighted by Crippen LogP contribution is 2.35. The van der Waals surface area contributed by atoms with Crippen LogP contribution in [0.25, 0.3) is 0 Å². The molecule has 0 aliphatic rings. The number of aliphatic hydroxyl groups is 4. The Bertz CT molecular complexity index is 273. The van der Waals surface area contributed by atoms with Gasteiger partial charge in [-0.1, -0.05) is 0 Å². The zero-order valence-corrected chi connectivity index (χ0v) is 8.90. The lowest BCUT2D eigenvalue weighted by molar-refractivity contribution is -0.142. The van der Waals surface area contributed by atoms with Crippen LogP contribution in [0.3, 0.4) is 0 Å². The van der Waals surface area contributed by atoms with Gasteiger partial charge in [-0.05, 0) is 0 Å². The summed E-state index contributed by atoms with van der Waals surface area (Å²) in [6.45, 7) is -2.01. The molecule has 10 heteroatoms. The Hall–Kier alpha value is -0.380. The van der Waals surface area contributed by atoms with E-state index in [9.17, 15) is 9.36 Å². The van der Waals surface area contributed by atoms with Gasteiger partial charge in [0.25, 0.3) is 0 Å². The summed E-state index contributed by atoms with van der Waals surface area (Å²) in [5.74, 6) is -1.14. The van der Waals surface area contributed by atoms with Crippen molar-refractivity contribution >= 4 is 13.6 Å². The van der Waals surface area contributed by atoms with E-state index in [1.54, 1.807) is 0 Å². The molecule has 9 nitrogen and oxygen atoms in total. The van der Waals surface area contributed by atoms with E-state index >= 15 is 0 Å². The third kappa shape index (κ3) is 5.64. The molecule has 0 saturated heterocycles. The van der Waals surface area contributed by atoms with Gasteiger partial charge < -0.3 is 30.2 Å². The number of Topliss-reactive ketones (excluding diaryl/α,β-unsaturated/α-hetero) is 1. The van der Waals surface area contributed by atoms with Crippen LogP contribution in [0.5, 0.6) is 0 Å². The Morgan fingerprint density at radius 1 is 1.25 bits per heavy atom. The molecule has 0 spiro atoms. The SMILES string of the molecule is O=C(CO)[C@@H](O)[C@H](O)[C@H](O)COP(=O)(O)O. The Balaban J connectivity index is 4.23. The van der Waals surface area contributed by atoms with Crippen molar-refractivity contribution in [2.24, 2.45) is 0 Å². The number of hydrogen-bond acceptors (Lipinski definition) is 7. The number of hydrogen-bond donors (Lipinski definition) is 6. The third-order valence-electron chi connectivity index (χ3n) is 1.62. The lowest BCUT2D eigenvalue weighted by Crippen LogP contribution is -2.45. The number of rotatable bonds is 7. The molecule has 6 N–H and O–H groups in total. The Kier molecular flexibility index (Phi) is 6.23. The second kappa shape index (κ2) is 6.38. The third-order valence-corrected chi connectivity index (χ3v) is 2.10. The first-order valence-electron chi connectivity index (χ1n) is 4.07. The van der Waals surface area contributed by atoms with Crippen molar-refractivity contribution in [2.45, 2.75) is 18.3 Å². The molecule has 16 heavy (non-hydrogen) atoms. The molecule has 0 aliphatic heterocycles. The lowest BCUT2D eigenvalue weighted by Gasteiger charge is -2.21. The van der Waals surface area contributed by atoms with Gasteiger partial charge in [-0.3, -0.25) is 9.32 Å². The molecule has 96 valence electrons. The molecule has 0 radical (unpaired) electrons. The van der Waals surface area contributed by atoms with Crippen LogP contribution in [0.2, 0.25) is 0 Å². The van der Waals surface area contributed by atoms with E-state index in [1.807, 2.05) is 0 Å². The molecule has 0 fully saturated rings. The quantitative estimate of drug-likeness (QED) is 0.258. The zero-order valence-electron chi connectivity index (χ0n) is 8.00. The van der Waals surface area contributed by atoms with Gasteiger partial charge in [0, 0.05) is 0 Å². The molecule has 0 amide bonds. The normalized spacial score (nSPS) is 17.9. The van der Waals surface area contributed by atoms with E-state index in [0.717, 1.165) is 0 Å². The predicted molar refractivity (Wildman–Crippen MR) is 48.1 cm³/mol. The lowest BCUT2D eigenvalue weighted by atomic mass is 10.1. The summed E-state index contributed by atoms with van der Waals surface area (Å²) in [7, 11) is -4.81. The first kappa shape index (κ1) is 15.6. The number of carbonyl (C=O) groups excluding carboxylic acids is 1. The highest BCUT2D eigenvalue weighted by atomic mass is 31.2. The van der Waals surface area contributed by atoms with E-state index in [4.69, 9.17) is 30.2 Å². The van der Waals surface area contributed by atoms with E-state index in [-0.39, 0.29) is 0 Å². The van der Waals surface area contributed by atoms with Crippen LogP contribution < -0.4 is 0 Å². The average Bonchev–Trinajstić information content (AvgIpc) is 2.21. The molecule has 0 unspecified atom stereocenters. The standard InChI is InChI=1S/C6H13O9P/c7-1-3(8)5(10)6(11)4(9)2-15-16(12,13)14/h4-7,9-11H,1-2H2,(H2,12,13,14)/t4-,5-,6-/m1/s1. The summed E-state index contributed by atoms with van der Waals surface area (Å²) in [5, 5.41) is 35.6. The number of ketones is 1. The number of phosphoric acid groups is 1. The fourth-order valence-electron chi connectivity index (χ4n) is 0.766. The first-order chi connectivity index (χ1) is 7.19. The Morgan fingerprint density at radius 3 is 2.12 bits per heavy atom. The summed E-state index contributed by atoms with van der Waals surface area (Å²) >= 11 is 0. The molecular formula is C6H13O9P. The molecule has 3 atom stereocenters. The fourth-order valence-corrected chi connectivity index (χ4v) is 1.11. The van der Waals surface area contributed by atoms with Gasteiger partial charge in [0.1, 0.15) is 24.9 Å². The van der Waals surface area contributed by atoms with Crippen LogP contribution in [0.15, 0.2) is 0 Å². The molecule has 0 rings (SSSR count). The smallest absolute Gasteiger partial charge is 0.388 e. The largest absolute Gasteiger partial charge is 0.469 e. The maximum atomic E-state index is 10.7. The molecular weight excluding hydrogens is 247 g/mol. The van der Waals surface area contributed by atoms with Crippen molar-refractivity contribution in [3.63, 3.8) is 0 Å². The molecule has 0 aromatic carbocycles. The van der Waals surface area contributed by atoms with Crippen LogP contribution in [0, 0.1) is 0 Å². The summed E-state index contributed by atoms with van der Waals surface area (Å²) in [6, 6.07) is 0. The van der Waals surface area contributed by atoms with Crippen molar-refractivity contribution in [3.05, 3.63) is 0 Å². The van der Waals surface area contributed by atoms with E-state index in [1.165, 1.54) is 0 Å². The van der Waals surface area contributed by atoms with Crippen molar-refractivity contribution in [2.75, 3.05) is 13.2 Å². The molecule has 0 heterocycles. The second-order valence-electron chi connectivity index (χ2n) is 2.91. The van der Waals surface area contributed by atoms with Crippen LogP contribution in [-0.4, -0.2) is 67.5 Å². The van der Waals surface area contributed by atoms with Crippen LogP contribution >= 0.6 is 7.82 Å². The molecule has 0 aliphatic carbocycles. The van der Waals surface area contributed by atoms with Crippen molar-refractivity contribution in [3.8, 4) is 0 Å². The maximum Gasteiger partial charge on any atom is 0.469 e. The van der Waals surface area contributed by atoms with Gasteiger partial charge in [0.05, 0.1) is 6.61 Å². The Labute approximate surface area is 90.2 Å². The summed E-state index contributed by atoms with van der Waals surface area (Å²) in [5.41, 5.74) is 0. The van der Waals surface area contributed by atoms with E-state index in [0.29, 0.717) is 0 Å².